The van der Waals surface area contributed by atoms with Gasteiger partial charge >= 0.3 is 0 Å². The van der Waals surface area contributed by atoms with Crippen LogP contribution in [0.15, 0.2) is 23.8 Å². The van der Waals surface area contributed by atoms with Gasteiger partial charge in [-0.25, -0.2) is 0 Å². The van der Waals surface area contributed by atoms with Crippen molar-refractivity contribution in [3.8, 4) is 0 Å². The van der Waals surface area contributed by atoms with Gasteiger partial charge < -0.3 is 0 Å². The average molecular weight is 248 g/mol. The van der Waals surface area contributed by atoms with Crippen LogP contribution in [0, 0.1) is 0 Å². The van der Waals surface area contributed by atoms with Crippen LogP contribution in [-0.4, -0.2) is 5.78 Å². The molecule has 2 rings (SSSR count). The minimum absolute atomic E-state index is 0.377. The number of aryl methyl sites for hydroxylation is 1. The highest BCUT2D eigenvalue weighted by Crippen LogP contribution is 2.22. The lowest BCUT2D eigenvalue weighted by Crippen LogP contribution is -2.04. The summed E-state index contributed by atoms with van der Waals surface area (Å²) in [4.78, 5) is 14.5. The highest BCUT2D eigenvalue weighted by atomic mass is 32.1. The molecule has 92 valence electrons. The Labute approximate surface area is 108 Å². The molecular formula is C15H20OS. The maximum Gasteiger partial charge on any atom is 0.142 e. The van der Waals surface area contributed by atoms with Crippen LogP contribution in [0.2, 0.25) is 0 Å². The molecule has 0 bridgehead atoms. The SMILES string of the molecule is CCc1ccc(CC(=O)CC2=CCCCC2)s1. The Morgan fingerprint density at radius 3 is 2.71 bits per heavy atom. The first-order valence-electron chi connectivity index (χ1n) is 6.55. The van der Waals surface area contributed by atoms with Gasteiger partial charge in [-0.15, -0.1) is 11.3 Å². The lowest BCUT2D eigenvalue weighted by Gasteiger charge is -2.11. The van der Waals surface area contributed by atoms with Crippen LogP contribution in [-0.2, 0) is 17.6 Å². The molecule has 1 aromatic heterocycles. The van der Waals surface area contributed by atoms with E-state index < -0.39 is 0 Å². The normalized spacial score (nSPS) is 15.7. The molecular weight excluding hydrogens is 228 g/mol. The van der Waals surface area contributed by atoms with Gasteiger partial charge in [0.1, 0.15) is 5.78 Å². The minimum atomic E-state index is 0.377. The topological polar surface area (TPSA) is 17.1 Å². The predicted octanol–water partition coefficient (Wildman–Crippen LogP) is 4.31. The van der Waals surface area contributed by atoms with E-state index in [4.69, 9.17) is 0 Å². The number of Topliss-reactive ketones (excluding diaryl/α,β-unsaturated/α-hetero) is 1. The number of rotatable bonds is 5. The highest BCUT2D eigenvalue weighted by Gasteiger charge is 2.10. The van der Waals surface area contributed by atoms with E-state index in [0.717, 1.165) is 12.8 Å². The van der Waals surface area contributed by atoms with E-state index in [0.29, 0.717) is 18.6 Å². The Kier molecular flexibility index (Phi) is 4.55. The van der Waals surface area contributed by atoms with E-state index in [1.54, 1.807) is 11.3 Å². The van der Waals surface area contributed by atoms with Crippen molar-refractivity contribution in [3.05, 3.63) is 33.5 Å². The number of carbonyl (C=O) groups is 1. The zero-order valence-corrected chi connectivity index (χ0v) is 11.3. The van der Waals surface area contributed by atoms with Crippen LogP contribution < -0.4 is 0 Å². The predicted molar refractivity (Wildman–Crippen MR) is 73.6 cm³/mol. The third-order valence-electron chi connectivity index (χ3n) is 3.25. The number of hydrogen-bond donors (Lipinski definition) is 0. The second kappa shape index (κ2) is 6.15. The first-order chi connectivity index (χ1) is 8.28. The molecule has 0 atom stereocenters. The van der Waals surface area contributed by atoms with Crippen LogP contribution in [0.5, 0.6) is 0 Å². The second-order valence-electron chi connectivity index (χ2n) is 4.72. The van der Waals surface area contributed by atoms with E-state index >= 15 is 0 Å². The molecule has 0 aromatic carbocycles. The molecule has 1 heterocycles. The monoisotopic (exact) mass is 248 g/mol. The third kappa shape index (κ3) is 3.81. The van der Waals surface area contributed by atoms with Gasteiger partial charge in [0.25, 0.3) is 0 Å². The Morgan fingerprint density at radius 1 is 1.24 bits per heavy atom. The fourth-order valence-corrected chi connectivity index (χ4v) is 3.27. The summed E-state index contributed by atoms with van der Waals surface area (Å²) in [6.45, 7) is 2.16. The second-order valence-corrected chi connectivity index (χ2v) is 5.97. The van der Waals surface area contributed by atoms with Gasteiger partial charge in [0, 0.05) is 22.6 Å². The summed E-state index contributed by atoms with van der Waals surface area (Å²) in [6.07, 6.45) is 9.51. The van der Waals surface area contributed by atoms with Gasteiger partial charge in [0.05, 0.1) is 0 Å². The summed E-state index contributed by atoms with van der Waals surface area (Å²) in [5.41, 5.74) is 1.37. The molecule has 0 saturated heterocycles. The average Bonchev–Trinajstić information content (AvgIpc) is 2.78. The van der Waals surface area contributed by atoms with Gasteiger partial charge in [-0.05, 0) is 44.2 Å². The van der Waals surface area contributed by atoms with Crippen molar-refractivity contribution in [1.82, 2.24) is 0 Å². The Hall–Kier alpha value is -0.890. The minimum Gasteiger partial charge on any atom is -0.299 e. The number of carbonyl (C=O) groups excluding carboxylic acids is 1. The zero-order valence-electron chi connectivity index (χ0n) is 10.5. The van der Waals surface area contributed by atoms with Gasteiger partial charge in [-0.3, -0.25) is 4.79 Å². The summed E-state index contributed by atoms with van der Waals surface area (Å²) < 4.78 is 0. The first-order valence-corrected chi connectivity index (χ1v) is 7.36. The Balaban J connectivity index is 1.86. The van der Waals surface area contributed by atoms with E-state index in [1.165, 1.54) is 34.6 Å². The standard InChI is InChI=1S/C15H20OS/c1-2-14-8-9-15(17-14)11-13(16)10-12-6-4-3-5-7-12/h6,8-9H,2-5,7,10-11H2,1H3. The number of allylic oxidation sites excluding steroid dienone is 2. The number of thiophene rings is 1. The van der Waals surface area contributed by atoms with Crippen LogP contribution >= 0.6 is 11.3 Å². The number of hydrogen-bond acceptors (Lipinski definition) is 2. The van der Waals surface area contributed by atoms with Gasteiger partial charge in [0.15, 0.2) is 0 Å². The van der Waals surface area contributed by atoms with E-state index in [2.05, 4.69) is 25.1 Å². The summed E-state index contributed by atoms with van der Waals surface area (Å²) in [5.74, 6) is 0.377. The summed E-state index contributed by atoms with van der Waals surface area (Å²) in [5, 5.41) is 0. The van der Waals surface area contributed by atoms with Crippen molar-refractivity contribution < 1.29 is 4.79 Å². The molecule has 0 radical (unpaired) electrons. The van der Waals surface area contributed by atoms with Crippen LogP contribution in [0.1, 0.15) is 48.8 Å². The first kappa shape index (κ1) is 12.6. The molecule has 17 heavy (non-hydrogen) atoms. The van der Waals surface area contributed by atoms with Crippen molar-refractivity contribution in [1.29, 1.82) is 0 Å². The number of ketones is 1. The molecule has 1 nitrogen and oxygen atoms in total. The Bertz CT molecular complexity index is 414. The molecule has 0 aliphatic heterocycles. The fourth-order valence-electron chi connectivity index (χ4n) is 2.28. The van der Waals surface area contributed by atoms with Gasteiger partial charge in [0.2, 0.25) is 0 Å². The largest absolute Gasteiger partial charge is 0.299 e. The van der Waals surface area contributed by atoms with E-state index in [9.17, 15) is 4.79 Å². The van der Waals surface area contributed by atoms with Crippen molar-refractivity contribution in [2.24, 2.45) is 0 Å². The van der Waals surface area contributed by atoms with Crippen LogP contribution in [0.4, 0.5) is 0 Å². The molecule has 0 N–H and O–H groups in total. The van der Waals surface area contributed by atoms with Gasteiger partial charge in [-0.1, -0.05) is 18.6 Å². The molecule has 0 unspecified atom stereocenters. The molecule has 1 aliphatic carbocycles. The maximum absolute atomic E-state index is 11.9. The maximum atomic E-state index is 11.9. The van der Waals surface area contributed by atoms with Crippen molar-refractivity contribution in [2.75, 3.05) is 0 Å². The molecule has 0 amide bonds. The molecule has 0 fully saturated rings. The zero-order chi connectivity index (χ0) is 12.1. The van der Waals surface area contributed by atoms with Gasteiger partial charge in [-0.2, -0.15) is 0 Å². The van der Waals surface area contributed by atoms with Crippen molar-refractivity contribution in [3.63, 3.8) is 0 Å². The van der Waals surface area contributed by atoms with Crippen LogP contribution in [0.3, 0.4) is 0 Å². The van der Waals surface area contributed by atoms with E-state index in [-0.39, 0.29) is 0 Å². The van der Waals surface area contributed by atoms with Crippen molar-refractivity contribution in [2.45, 2.75) is 51.9 Å². The fraction of sp³-hybridized carbons (Fsp3) is 0.533. The molecule has 2 heteroatoms. The summed E-state index contributed by atoms with van der Waals surface area (Å²) in [6, 6.07) is 4.25. The van der Waals surface area contributed by atoms with Crippen molar-refractivity contribution >= 4 is 17.1 Å². The molecule has 1 aliphatic rings. The summed E-state index contributed by atoms with van der Waals surface area (Å²) >= 11 is 1.78. The molecule has 1 aromatic rings. The lowest BCUT2D eigenvalue weighted by molar-refractivity contribution is -0.117. The third-order valence-corrected chi connectivity index (χ3v) is 4.48. The molecule has 0 spiro atoms. The quantitative estimate of drug-likeness (QED) is 0.709. The highest BCUT2D eigenvalue weighted by molar-refractivity contribution is 7.12. The molecule has 0 saturated carbocycles. The summed E-state index contributed by atoms with van der Waals surface area (Å²) in [7, 11) is 0. The van der Waals surface area contributed by atoms with E-state index in [1.807, 2.05) is 0 Å². The Morgan fingerprint density at radius 2 is 2.06 bits per heavy atom. The smallest absolute Gasteiger partial charge is 0.142 e. The van der Waals surface area contributed by atoms with Crippen LogP contribution in [0.25, 0.3) is 0 Å². The lowest BCUT2D eigenvalue weighted by atomic mass is 9.95.